The molecule has 2 heterocycles. The van der Waals surface area contributed by atoms with Crippen molar-refractivity contribution in [2.24, 2.45) is 0 Å². The lowest BCUT2D eigenvalue weighted by molar-refractivity contribution is -0.121. The number of nitrogens with zero attached hydrogens (tertiary/aromatic N) is 4. The van der Waals surface area contributed by atoms with Crippen LogP contribution < -0.4 is 4.90 Å². The van der Waals surface area contributed by atoms with Gasteiger partial charge in [0.2, 0.25) is 11.8 Å². The van der Waals surface area contributed by atoms with Gasteiger partial charge in [-0.25, -0.2) is 4.90 Å². The average molecular weight is 178 g/mol. The largest absolute Gasteiger partial charge is 0.274 e. The Hall–Kier alpha value is -1.85. The predicted octanol–water partition coefficient (Wildman–Crippen LogP) is -0.475. The highest BCUT2D eigenvalue weighted by molar-refractivity contribution is 6.19. The number of aromatic nitrogens is 3. The van der Waals surface area contributed by atoms with Gasteiger partial charge in [0.25, 0.3) is 0 Å². The average Bonchev–Trinajstić information content (AvgIpc) is 2.48. The molecule has 1 aromatic rings. The fourth-order valence-corrected chi connectivity index (χ4v) is 1.19. The number of amides is 2. The van der Waals surface area contributed by atoms with Crippen molar-refractivity contribution in [2.75, 3.05) is 4.90 Å². The first-order valence-corrected chi connectivity index (χ1v) is 3.79. The third kappa shape index (κ3) is 1.26. The van der Waals surface area contributed by atoms with Crippen LogP contribution in [-0.4, -0.2) is 27.2 Å². The van der Waals surface area contributed by atoms with Crippen LogP contribution in [0.3, 0.4) is 0 Å². The highest BCUT2D eigenvalue weighted by atomic mass is 16.2. The summed E-state index contributed by atoms with van der Waals surface area (Å²) in [6.45, 7) is 0. The number of imide groups is 1. The van der Waals surface area contributed by atoms with Crippen LogP contribution >= 0.6 is 0 Å². The Morgan fingerprint density at radius 3 is 2.46 bits per heavy atom. The molecule has 0 N–H and O–H groups in total. The summed E-state index contributed by atoms with van der Waals surface area (Å²) in [4.78, 5) is 23.4. The molecule has 0 atom stereocenters. The smallest absolute Gasteiger partial charge is 0.235 e. The second-order valence-electron chi connectivity index (χ2n) is 2.60. The van der Waals surface area contributed by atoms with E-state index in [2.05, 4.69) is 15.4 Å². The third-order valence-corrected chi connectivity index (χ3v) is 1.77. The zero-order valence-corrected chi connectivity index (χ0v) is 6.67. The van der Waals surface area contributed by atoms with Crippen LogP contribution in [0.5, 0.6) is 0 Å². The first-order valence-electron chi connectivity index (χ1n) is 3.79. The molecule has 1 saturated heterocycles. The molecule has 1 fully saturated rings. The lowest BCUT2D eigenvalue weighted by Gasteiger charge is -2.09. The summed E-state index contributed by atoms with van der Waals surface area (Å²) in [5, 5.41) is 10.4. The van der Waals surface area contributed by atoms with Gasteiger partial charge in [0, 0.05) is 18.9 Å². The molecule has 0 spiro atoms. The van der Waals surface area contributed by atoms with Crippen LogP contribution in [0.4, 0.5) is 5.82 Å². The molecule has 0 unspecified atom stereocenters. The Balaban J connectivity index is 2.36. The molecule has 6 heteroatoms. The quantitative estimate of drug-likeness (QED) is 0.543. The van der Waals surface area contributed by atoms with Crippen molar-refractivity contribution in [1.82, 2.24) is 15.4 Å². The Bertz CT molecular complexity index is 335. The van der Waals surface area contributed by atoms with Crippen LogP contribution in [0.2, 0.25) is 0 Å². The number of hydrogen-bond donors (Lipinski definition) is 0. The lowest BCUT2D eigenvalue weighted by atomic mass is 10.4. The van der Waals surface area contributed by atoms with Crippen LogP contribution in [0, 0.1) is 0 Å². The fourth-order valence-electron chi connectivity index (χ4n) is 1.19. The molecule has 2 amide bonds. The molecule has 2 rings (SSSR count). The van der Waals surface area contributed by atoms with Crippen LogP contribution in [0.15, 0.2) is 12.3 Å². The molecule has 0 aromatic carbocycles. The highest BCUT2D eigenvalue weighted by Crippen LogP contribution is 2.18. The number of anilines is 1. The number of rotatable bonds is 1. The molecule has 0 bridgehead atoms. The third-order valence-electron chi connectivity index (χ3n) is 1.77. The highest BCUT2D eigenvalue weighted by Gasteiger charge is 2.31. The van der Waals surface area contributed by atoms with E-state index < -0.39 is 0 Å². The Labute approximate surface area is 73.6 Å². The summed E-state index contributed by atoms with van der Waals surface area (Å²) in [7, 11) is 0. The van der Waals surface area contributed by atoms with Gasteiger partial charge >= 0.3 is 0 Å². The van der Waals surface area contributed by atoms with Gasteiger partial charge in [-0.3, -0.25) is 9.59 Å². The molecule has 0 saturated carbocycles. The number of carbonyl (C=O) groups excluding carboxylic acids is 2. The van der Waals surface area contributed by atoms with E-state index in [1.807, 2.05) is 0 Å². The monoisotopic (exact) mass is 178 g/mol. The second-order valence-corrected chi connectivity index (χ2v) is 2.60. The van der Waals surface area contributed by atoms with Crippen molar-refractivity contribution in [3.63, 3.8) is 0 Å². The summed E-state index contributed by atoms with van der Waals surface area (Å²) in [6.07, 6.45) is 1.90. The van der Waals surface area contributed by atoms with Crippen molar-refractivity contribution in [3.05, 3.63) is 12.3 Å². The van der Waals surface area contributed by atoms with E-state index in [9.17, 15) is 9.59 Å². The molecule has 13 heavy (non-hydrogen) atoms. The number of hydrogen-bond acceptors (Lipinski definition) is 5. The van der Waals surface area contributed by atoms with Gasteiger partial charge in [0.1, 0.15) is 0 Å². The van der Waals surface area contributed by atoms with E-state index in [1.165, 1.54) is 12.3 Å². The van der Waals surface area contributed by atoms with E-state index in [0.29, 0.717) is 0 Å². The van der Waals surface area contributed by atoms with Crippen molar-refractivity contribution < 1.29 is 9.59 Å². The maximum absolute atomic E-state index is 11.2. The SMILES string of the molecule is O=C1CCC(=O)N1c1ccnnn1. The second kappa shape index (κ2) is 2.89. The minimum atomic E-state index is -0.231. The molecule has 0 radical (unpaired) electrons. The Morgan fingerprint density at radius 1 is 1.23 bits per heavy atom. The van der Waals surface area contributed by atoms with Crippen molar-refractivity contribution in [3.8, 4) is 0 Å². The van der Waals surface area contributed by atoms with Crippen LogP contribution in [0.1, 0.15) is 12.8 Å². The van der Waals surface area contributed by atoms with Gasteiger partial charge in [0.05, 0.1) is 6.20 Å². The van der Waals surface area contributed by atoms with Gasteiger partial charge in [-0.2, -0.15) is 0 Å². The normalized spacial score (nSPS) is 16.8. The summed E-state index contributed by atoms with van der Waals surface area (Å²) in [6, 6.07) is 1.48. The van der Waals surface area contributed by atoms with E-state index in [0.717, 1.165) is 4.90 Å². The van der Waals surface area contributed by atoms with Crippen LogP contribution in [-0.2, 0) is 9.59 Å². The maximum Gasteiger partial charge on any atom is 0.235 e. The minimum absolute atomic E-state index is 0.231. The van der Waals surface area contributed by atoms with Crippen molar-refractivity contribution in [2.45, 2.75) is 12.8 Å². The summed E-state index contributed by atoms with van der Waals surface area (Å²) >= 11 is 0. The Morgan fingerprint density at radius 2 is 1.92 bits per heavy atom. The fraction of sp³-hybridized carbons (Fsp3) is 0.286. The first-order chi connectivity index (χ1) is 6.29. The van der Waals surface area contributed by atoms with Gasteiger partial charge in [0.15, 0.2) is 5.82 Å². The van der Waals surface area contributed by atoms with Gasteiger partial charge in [-0.1, -0.05) is 0 Å². The standard InChI is InChI=1S/C7H6N4O2/c12-6-1-2-7(13)11(6)5-3-4-8-10-9-5/h3-4H,1-2H2. The summed E-state index contributed by atoms with van der Waals surface area (Å²) in [5.41, 5.74) is 0. The molecule has 6 nitrogen and oxygen atoms in total. The molecular formula is C7H6N4O2. The molecule has 66 valence electrons. The topological polar surface area (TPSA) is 76.1 Å². The van der Waals surface area contributed by atoms with Gasteiger partial charge in [-0.05, 0) is 5.21 Å². The van der Waals surface area contributed by atoms with E-state index in [1.54, 1.807) is 0 Å². The first kappa shape index (κ1) is 7.78. The summed E-state index contributed by atoms with van der Waals surface area (Å²) < 4.78 is 0. The zero-order valence-electron chi connectivity index (χ0n) is 6.67. The molecule has 1 aliphatic rings. The van der Waals surface area contributed by atoms with E-state index in [4.69, 9.17) is 0 Å². The van der Waals surface area contributed by atoms with Crippen LogP contribution in [0.25, 0.3) is 0 Å². The molecule has 1 aliphatic heterocycles. The zero-order chi connectivity index (χ0) is 9.26. The maximum atomic E-state index is 11.2. The van der Waals surface area contributed by atoms with Crippen molar-refractivity contribution in [1.29, 1.82) is 0 Å². The van der Waals surface area contributed by atoms with E-state index in [-0.39, 0.29) is 30.5 Å². The van der Waals surface area contributed by atoms with E-state index >= 15 is 0 Å². The molecule has 0 aliphatic carbocycles. The summed E-state index contributed by atoms with van der Waals surface area (Å²) in [5.74, 6) is -0.210. The predicted molar refractivity (Wildman–Crippen MR) is 41.6 cm³/mol. The van der Waals surface area contributed by atoms with Crippen molar-refractivity contribution >= 4 is 17.6 Å². The molecular weight excluding hydrogens is 172 g/mol. The van der Waals surface area contributed by atoms with Gasteiger partial charge in [-0.15, -0.1) is 10.2 Å². The minimum Gasteiger partial charge on any atom is -0.274 e. The van der Waals surface area contributed by atoms with Gasteiger partial charge < -0.3 is 0 Å². The Kier molecular flexibility index (Phi) is 1.73. The number of carbonyl (C=O) groups is 2. The molecule has 1 aromatic heterocycles. The lowest BCUT2D eigenvalue weighted by Crippen LogP contribution is -2.29.